The Bertz CT molecular complexity index is 587. The van der Waals surface area contributed by atoms with Gasteiger partial charge in [0.2, 0.25) is 0 Å². The Morgan fingerprint density at radius 1 is 1.26 bits per heavy atom. The second-order valence-electron chi connectivity index (χ2n) is 5.93. The summed E-state index contributed by atoms with van der Waals surface area (Å²) in [6, 6.07) is 1.57. The smallest absolute Gasteiger partial charge is 0.332 e. The first-order valence-corrected chi connectivity index (χ1v) is 6.90. The third-order valence-corrected chi connectivity index (χ3v) is 4.46. The first-order chi connectivity index (χ1) is 8.88. The van der Waals surface area contributed by atoms with Crippen molar-refractivity contribution >= 4 is 5.82 Å². The van der Waals surface area contributed by atoms with E-state index in [-0.39, 0.29) is 16.7 Å². The highest BCUT2D eigenvalue weighted by Gasteiger charge is 2.30. The summed E-state index contributed by atoms with van der Waals surface area (Å²) in [6.07, 6.45) is 3.43. The summed E-state index contributed by atoms with van der Waals surface area (Å²) in [6.45, 7) is 6.30. The van der Waals surface area contributed by atoms with E-state index in [4.69, 9.17) is 0 Å². The Hall–Kier alpha value is -1.52. The molecule has 2 heterocycles. The highest BCUT2D eigenvalue weighted by atomic mass is 16.2. The van der Waals surface area contributed by atoms with E-state index in [2.05, 4.69) is 18.7 Å². The van der Waals surface area contributed by atoms with Gasteiger partial charge in [-0.1, -0.05) is 13.8 Å². The number of rotatable bonds is 2. The van der Waals surface area contributed by atoms with Crippen LogP contribution in [0.3, 0.4) is 0 Å². The summed E-state index contributed by atoms with van der Waals surface area (Å²) < 4.78 is 2.72. The zero-order chi connectivity index (χ0) is 14.2. The summed E-state index contributed by atoms with van der Waals surface area (Å²) in [5, 5.41) is 0. The van der Waals surface area contributed by atoms with Gasteiger partial charge in [0, 0.05) is 33.3 Å². The molecule has 0 aromatic carbocycles. The molecule has 0 amide bonds. The van der Waals surface area contributed by atoms with Crippen molar-refractivity contribution < 1.29 is 0 Å². The summed E-state index contributed by atoms with van der Waals surface area (Å²) in [5.41, 5.74) is -0.219. The van der Waals surface area contributed by atoms with Crippen LogP contribution in [0.4, 0.5) is 5.82 Å². The lowest BCUT2D eigenvalue weighted by atomic mass is 9.80. The maximum atomic E-state index is 12.0. The van der Waals surface area contributed by atoms with E-state index in [1.807, 2.05) is 0 Å². The molecule has 1 saturated heterocycles. The lowest BCUT2D eigenvalue weighted by Crippen LogP contribution is -2.46. The van der Waals surface area contributed by atoms with Crippen LogP contribution in [0, 0.1) is 5.41 Å². The van der Waals surface area contributed by atoms with Gasteiger partial charge in [0.25, 0.3) is 5.56 Å². The van der Waals surface area contributed by atoms with Gasteiger partial charge in [0.1, 0.15) is 5.82 Å². The Kier molecular flexibility index (Phi) is 3.56. The molecule has 1 aromatic heterocycles. The third kappa shape index (κ3) is 2.46. The summed E-state index contributed by atoms with van der Waals surface area (Å²) in [4.78, 5) is 26.0. The van der Waals surface area contributed by atoms with Crippen molar-refractivity contribution in [3.8, 4) is 0 Å². The van der Waals surface area contributed by atoms with Crippen LogP contribution in [-0.4, -0.2) is 22.2 Å². The van der Waals surface area contributed by atoms with Crippen molar-refractivity contribution in [2.24, 2.45) is 19.5 Å². The van der Waals surface area contributed by atoms with Gasteiger partial charge in [-0.15, -0.1) is 0 Å². The number of nitrogens with zero attached hydrogens (tertiary/aromatic N) is 3. The van der Waals surface area contributed by atoms with Gasteiger partial charge in [-0.3, -0.25) is 13.9 Å². The van der Waals surface area contributed by atoms with E-state index in [1.54, 1.807) is 17.7 Å². The number of anilines is 1. The molecule has 0 bridgehead atoms. The maximum absolute atomic E-state index is 12.0. The van der Waals surface area contributed by atoms with Gasteiger partial charge >= 0.3 is 5.69 Å². The Balaban J connectivity index is 2.43. The van der Waals surface area contributed by atoms with Crippen LogP contribution in [0.15, 0.2) is 15.7 Å². The van der Waals surface area contributed by atoms with Gasteiger partial charge in [0.15, 0.2) is 0 Å². The highest BCUT2D eigenvalue weighted by molar-refractivity contribution is 5.39. The maximum Gasteiger partial charge on any atom is 0.332 e. The highest BCUT2D eigenvalue weighted by Crippen LogP contribution is 2.34. The minimum absolute atomic E-state index is 0.234. The van der Waals surface area contributed by atoms with Crippen LogP contribution in [0.5, 0.6) is 0 Å². The second-order valence-corrected chi connectivity index (χ2v) is 5.93. The molecule has 2 rings (SSSR count). The molecule has 0 aliphatic carbocycles. The van der Waals surface area contributed by atoms with Crippen molar-refractivity contribution in [3.63, 3.8) is 0 Å². The fourth-order valence-corrected chi connectivity index (χ4v) is 2.82. The molecule has 1 aliphatic rings. The monoisotopic (exact) mass is 265 g/mol. The minimum atomic E-state index is -0.258. The third-order valence-electron chi connectivity index (χ3n) is 4.46. The molecule has 1 aliphatic heterocycles. The molecule has 1 atom stereocenters. The van der Waals surface area contributed by atoms with Gasteiger partial charge in [-0.05, 0) is 24.7 Å². The molecule has 0 N–H and O–H groups in total. The number of piperidine rings is 1. The van der Waals surface area contributed by atoms with E-state index in [1.165, 1.54) is 13.5 Å². The van der Waals surface area contributed by atoms with E-state index in [9.17, 15) is 9.59 Å². The predicted molar refractivity (Wildman–Crippen MR) is 76.8 cm³/mol. The first kappa shape index (κ1) is 13.9. The van der Waals surface area contributed by atoms with Crippen LogP contribution in [-0.2, 0) is 14.1 Å². The van der Waals surface area contributed by atoms with Crippen LogP contribution in [0.2, 0.25) is 0 Å². The zero-order valence-electron chi connectivity index (χ0n) is 12.3. The van der Waals surface area contributed by atoms with Crippen LogP contribution < -0.4 is 16.1 Å². The summed E-state index contributed by atoms with van der Waals surface area (Å²) >= 11 is 0. The molecule has 5 heteroatoms. The lowest BCUT2D eigenvalue weighted by molar-refractivity contribution is 0.249. The van der Waals surface area contributed by atoms with Crippen molar-refractivity contribution in [2.45, 2.75) is 33.1 Å². The first-order valence-electron chi connectivity index (χ1n) is 6.90. The molecule has 0 spiro atoms. The fraction of sp³-hybridized carbons (Fsp3) is 0.714. The molecule has 1 fully saturated rings. The Morgan fingerprint density at radius 3 is 2.58 bits per heavy atom. The molecule has 0 saturated carbocycles. The van der Waals surface area contributed by atoms with Crippen LogP contribution in [0.25, 0.3) is 0 Å². The quantitative estimate of drug-likeness (QED) is 0.804. The van der Waals surface area contributed by atoms with Crippen molar-refractivity contribution in [1.29, 1.82) is 0 Å². The van der Waals surface area contributed by atoms with Gasteiger partial charge in [-0.25, -0.2) is 4.79 Å². The standard InChI is InChI=1S/C14H23N3O2/c1-5-14(2)7-6-8-17(10-14)11-9-12(18)16(4)13(19)15(11)3/h9H,5-8,10H2,1-4H3/t14-/m0/s1. The zero-order valence-corrected chi connectivity index (χ0v) is 12.3. The Labute approximate surface area is 113 Å². The van der Waals surface area contributed by atoms with Gasteiger partial charge in [0.05, 0.1) is 0 Å². The van der Waals surface area contributed by atoms with Gasteiger partial charge < -0.3 is 4.90 Å². The topological polar surface area (TPSA) is 47.2 Å². The van der Waals surface area contributed by atoms with Gasteiger partial charge in [-0.2, -0.15) is 0 Å². The largest absolute Gasteiger partial charge is 0.357 e. The SMILES string of the molecule is CC[C@@]1(C)CCCN(c2cc(=O)n(C)c(=O)n2C)C1. The predicted octanol–water partition coefficient (Wildman–Crippen LogP) is 1.10. The molecule has 19 heavy (non-hydrogen) atoms. The van der Waals surface area contributed by atoms with E-state index in [0.29, 0.717) is 0 Å². The molecular weight excluding hydrogens is 242 g/mol. The summed E-state index contributed by atoms with van der Waals surface area (Å²) in [5.74, 6) is 0.743. The molecular formula is C14H23N3O2. The number of aromatic nitrogens is 2. The Morgan fingerprint density at radius 2 is 1.95 bits per heavy atom. The normalized spacial score (nSPS) is 23.7. The molecule has 5 nitrogen and oxygen atoms in total. The average molecular weight is 265 g/mol. The lowest BCUT2D eigenvalue weighted by Gasteiger charge is -2.41. The van der Waals surface area contributed by atoms with E-state index < -0.39 is 0 Å². The molecule has 0 radical (unpaired) electrons. The van der Waals surface area contributed by atoms with Crippen molar-refractivity contribution in [1.82, 2.24) is 9.13 Å². The van der Waals surface area contributed by atoms with Crippen LogP contribution >= 0.6 is 0 Å². The van der Waals surface area contributed by atoms with E-state index >= 15 is 0 Å². The molecule has 0 unspecified atom stereocenters. The van der Waals surface area contributed by atoms with E-state index in [0.717, 1.165) is 36.3 Å². The number of hydrogen-bond donors (Lipinski definition) is 0. The fourth-order valence-electron chi connectivity index (χ4n) is 2.82. The summed E-state index contributed by atoms with van der Waals surface area (Å²) in [7, 11) is 3.25. The average Bonchev–Trinajstić information content (AvgIpc) is 2.40. The number of hydrogen-bond acceptors (Lipinski definition) is 3. The molecule has 1 aromatic rings. The second kappa shape index (κ2) is 4.87. The van der Waals surface area contributed by atoms with Crippen LogP contribution in [0.1, 0.15) is 33.1 Å². The minimum Gasteiger partial charge on any atom is -0.357 e. The van der Waals surface area contributed by atoms with Crippen molar-refractivity contribution in [3.05, 3.63) is 26.9 Å². The molecule has 106 valence electrons. The van der Waals surface area contributed by atoms with Crippen molar-refractivity contribution in [2.75, 3.05) is 18.0 Å².